The van der Waals surface area contributed by atoms with Crippen molar-refractivity contribution in [1.29, 1.82) is 0 Å². The molecule has 0 aliphatic heterocycles. The van der Waals surface area contributed by atoms with E-state index in [2.05, 4.69) is 0 Å². The molecule has 0 amide bonds. The van der Waals surface area contributed by atoms with Crippen LogP contribution in [0.5, 0.6) is 5.75 Å². The summed E-state index contributed by atoms with van der Waals surface area (Å²) in [6, 6.07) is 4.49. The van der Waals surface area contributed by atoms with Crippen LogP contribution < -0.4 is 10.5 Å². The van der Waals surface area contributed by atoms with Crippen LogP contribution in [0.2, 0.25) is 0 Å². The van der Waals surface area contributed by atoms with Crippen molar-refractivity contribution in [2.75, 3.05) is 7.11 Å². The van der Waals surface area contributed by atoms with Crippen molar-refractivity contribution in [3.05, 3.63) is 29.6 Å². The fraction of sp³-hybridized carbons (Fsp3) is 0.538. The van der Waals surface area contributed by atoms with E-state index in [9.17, 15) is 9.50 Å². The molecule has 0 radical (unpaired) electrons. The number of ether oxygens (including phenoxy) is 1. The predicted octanol–water partition coefficient (Wildman–Crippen LogP) is 1.92. The van der Waals surface area contributed by atoms with E-state index in [-0.39, 0.29) is 6.04 Å². The normalized spacial score (nSPS) is 29.1. The number of methoxy groups -OCH3 is 1. The fourth-order valence-corrected chi connectivity index (χ4v) is 2.54. The third-order valence-corrected chi connectivity index (χ3v) is 3.44. The first-order valence-electron chi connectivity index (χ1n) is 5.87. The molecule has 1 saturated carbocycles. The van der Waals surface area contributed by atoms with Gasteiger partial charge in [-0.05, 0) is 37.8 Å². The van der Waals surface area contributed by atoms with Crippen LogP contribution in [-0.4, -0.2) is 18.3 Å². The Balaban J connectivity index is 2.32. The summed E-state index contributed by atoms with van der Waals surface area (Å²) in [4.78, 5) is 0. The van der Waals surface area contributed by atoms with Gasteiger partial charge in [-0.25, -0.2) is 4.39 Å². The summed E-state index contributed by atoms with van der Waals surface area (Å²) in [5.41, 5.74) is 5.04. The molecule has 2 atom stereocenters. The third kappa shape index (κ3) is 2.42. The Kier molecular flexibility index (Phi) is 3.35. The van der Waals surface area contributed by atoms with Crippen molar-refractivity contribution in [2.45, 2.75) is 37.3 Å². The van der Waals surface area contributed by atoms with E-state index in [1.165, 1.54) is 13.2 Å². The smallest absolute Gasteiger partial charge is 0.132 e. The Morgan fingerprint density at radius 3 is 2.88 bits per heavy atom. The Morgan fingerprint density at radius 1 is 1.53 bits per heavy atom. The highest BCUT2D eigenvalue weighted by Crippen LogP contribution is 2.38. The van der Waals surface area contributed by atoms with E-state index in [4.69, 9.17) is 10.5 Å². The summed E-state index contributed by atoms with van der Waals surface area (Å²) < 4.78 is 18.9. The summed E-state index contributed by atoms with van der Waals surface area (Å²) >= 11 is 0. The lowest BCUT2D eigenvalue weighted by Crippen LogP contribution is -2.39. The van der Waals surface area contributed by atoms with Crippen LogP contribution in [0.4, 0.5) is 4.39 Å². The van der Waals surface area contributed by atoms with Crippen molar-refractivity contribution in [2.24, 2.45) is 5.73 Å². The monoisotopic (exact) mass is 239 g/mol. The zero-order valence-electron chi connectivity index (χ0n) is 9.95. The van der Waals surface area contributed by atoms with E-state index in [1.807, 2.05) is 0 Å². The number of halogens is 1. The molecule has 3 N–H and O–H groups in total. The van der Waals surface area contributed by atoms with Crippen molar-refractivity contribution in [3.8, 4) is 5.75 Å². The standard InChI is InChI=1S/C13H18FNO2/c1-17-10-4-5-11(12(14)7-10)13(16)6-2-3-9(15)8-13/h4-5,7,9,16H,2-3,6,8,15H2,1H3. The molecule has 1 fully saturated rings. The number of benzene rings is 1. The second-order valence-electron chi connectivity index (χ2n) is 4.73. The highest BCUT2D eigenvalue weighted by molar-refractivity contribution is 5.33. The minimum atomic E-state index is -1.13. The number of nitrogens with two attached hydrogens (primary N) is 1. The molecular weight excluding hydrogens is 221 g/mol. The number of rotatable bonds is 2. The molecule has 4 heteroatoms. The van der Waals surface area contributed by atoms with Crippen LogP contribution in [-0.2, 0) is 5.60 Å². The number of aliphatic hydroxyl groups is 1. The van der Waals surface area contributed by atoms with Crippen LogP contribution in [0.1, 0.15) is 31.2 Å². The molecule has 2 rings (SSSR count). The minimum absolute atomic E-state index is 0.0600. The van der Waals surface area contributed by atoms with E-state index in [0.717, 1.165) is 12.8 Å². The van der Waals surface area contributed by atoms with Crippen molar-refractivity contribution in [1.82, 2.24) is 0 Å². The average molecular weight is 239 g/mol. The van der Waals surface area contributed by atoms with Crippen LogP contribution >= 0.6 is 0 Å². The van der Waals surface area contributed by atoms with Crippen molar-refractivity contribution in [3.63, 3.8) is 0 Å². The lowest BCUT2D eigenvalue weighted by molar-refractivity contribution is -0.0102. The van der Waals surface area contributed by atoms with Crippen LogP contribution in [0.25, 0.3) is 0 Å². The van der Waals surface area contributed by atoms with Gasteiger partial charge in [0.05, 0.1) is 12.7 Å². The van der Waals surface area contributed by atoms with Gasteiger partial charge in [-0.15, -0.1) is 0 Å². The molecule has 1 aromatic carbocycles. The molecule has 17 heavy (non-hydrogen) atoms. The van der Waals surface area contributed by atoms with E-state index in [1.54, 1.807) is 12.1 Å². The highest BCUT2D eigenvalue weighted by atomic mass is 19.1. The fourth-order valence-electron chi connectivity index (χ4n) is 2.54. The molecule has 0 aromatic heterocycles. The zero-order chi connectivity index (χ0) is 12.5. The Morgan fingerprint density at radius 2 is 2.29 bits per heavy atom. The molecule has 0 heterocycles. The van der Waals surface area contributed by atoms with Gasteiger partial charge < -0.3 is 15.6 Å². The summed E-state index contributed by atoms with van der Waals surface area (Å²) in [5, 5.41) is 10.5. The van der Waals surface area contributed by atoms with E-state index < -0.39 is 11.4 Å². The first kappa shape index (κ1) is 12.3. The van der Waals surface area contributed by atoms with Gasteiger partial charge in [-0.1, -0.05) is 0 Å². The maximum atomic E-state index is 13.9. The summed E-state index contributed by atoms with van der Waals surface area (Å²) in [6.45, 7) is 0. The lowest BCUT2D eigenvalue weighted by atomic mass is 9.77. The molecule has 94 valence electrons. The van der Waals surface area contributed by atoms with Gasteiger partial charge >= 0.3 is 0 Å². The molecule has 0 saturated heterocycles. The van der Waals surface area contributed by atoms with E-state index >= 15 is 0 Å². The van der Waals surface area contributed by atoms with Gasteiger partial charge in [0.1, 0.15) is 11.6 Å². The van der Waals surface area contributed by atoms with Gasteiger partial charge in [-0.3, -0.25) is 0 Å². The Labute approximate surface area is 100 Å². The second kappa shape index (κ2) is 4.63. The minimum Gasteiger partial charge on any atom is -0.497 e. The summed E-state index contributed by atoms with van der Waals surface area (Å²) in [7, 11) is 1.49. The quantitative estimate of drug-likeness (QED) is 0.829. The van der Waals surface area contributed by atoms with Gasteiger partial charge in [0.25, 0.3) is 0 Å². The summed E-state index contributed by atoms with van der Waals surface area (Å²) in [6.07, 6.45) is 2.68. The first-order chi connectivity index (χ1) is 8.05. The molecule has 1 aliphatic rings. The van der Waals surface area contributed by atoms with Crippen molar-refractivity contribution >= 4 is 0 Å². The Bertz CT molecular complexity index is 410. The molecule has 0 spiro atoms. The zero-order valence-corrected chi connectivity index (χ0v) is 9.95. The maximum Gasteiger partial charge on any atom is 0.132 e. The average Bonchev–Trinajstić information content (AvgIpc) is 2.28. The Hall–Kier alpha value is -1.13. The molecule has 2 unspecified atom stereocenters. The predicted molar refractivity (Wildman–Crippen MR) is 63.3 cm³/mol. The number of hydrogen-bond donors (Lipinski definition) is 2. The molecule has 3 nitrogen and oxygen atoms in total. The third-order valence-electron chi connectivity index (χ3n) is 3.44. The van der Waals surface area contributed by atoms with E-state index in [0.29, 0.717) is 24.2 Å². The van der Waals surface area contributed by atoms with Crippen LogP contribution in [0, 0.1) is 5.82 Å². The maximum absolute atomic E-state index is 13.9. The summed E-state index contributed by atoms with van der Waals surface area (Å²) in [5.74, 6) is 0.0240. The van der Waals surface area contributed by atoms with Crippen molar-refractivity contribution < 1.29 is 14.2 Å². The topological polar surface area (TPSA) is 55.5 Å². The van der Waals surface area contributed by atoms with Gasteiger partial charge in [0.2, 0.25) is 0 Å². The molecule has 0 bridgehead atoms. The molecule has 1 aromatic rings. The highest BCUT2D eigenvalue weighted by Gasteiger charge is 2.36. The molecular formula is C13H18FNO2. The molecule has 1 aliphatic carbocycles. The number of hydrogen-bond acceptors (Lipinski definition) is 3. The largest absolute Gasteiger partial charge is 0.497 e. The van der Waals surface area contributed by atoms with Crippen LogP contribution in [0.15, 0.2) is 18.2 Å². The second-order valence-corrected chi connectivity index (χ2v) is 4.73. The van der Waals surface area contributed by atoms with Crippen LogP contribution in [0.3, 0.4) is 0 Å². The SMILES string of the molecule is COc1ccc(C2(O)CCCC(N)C2)c(F)c1. The van der Waals surface area contributed by atoms with Gasteiger partial charge in [0.15, 0.2) is 0 Å². The lowest BCUT2D eigenvalue weighted by Gasteiger charge is -2.36. The van der Waals surface area contributed by atoms with Gasteiger partial charge in [0, 0.05) is 17.7 Å². The van der Waals surface area contributed by atoms with Gasteiger partial charge in [-0.2, -0.15) is 0 Å². The first-order valence-corrected chi connectivity index (χ1v) is 5.87.